The zero-order chi connectivity index (χ0) is 8.85. The highest BCUT2D eigenvalue weighted by Crippen LogP contribution is 2.03. The predicted molar refractivity (Wildman–Crippen MR) is 39.6 cm³/mol. The van der Waals surface area contributed by atoms with Crippen LogP contribution in [0.3, 0.4) is 0 Å². The Hall–Kier alpha value is -0.320. The maximum absolute atomic E-state index is 10.1. The Morgan fingerprint density at radius 3 is 2.36 bits per heavy atom. The third-order valence-corrected chi connectivity index (χ3v) is 1.52. The van der Waals surface area contributed by atoms with Gasteiger partial charge in [-0.05, 0) is 12.8 Å². The smallest absolute Gasteiger partial charge is 0.335 e. The number of carbonyl (C=O) groups is 1. The number of aliphatic hydroxyl groups is 2. The summed E-state index contributed by atoms with van der Waals surface area (Å²) in [6, 6.07) is 0. The molecule has 0 aromatic carbocycles. The summed E-state index contributed by atoms with van der Waals surface area (Å²) in [5.41, 5.74) is 0. The van der Waals surface area contributed by atoms with Gasteiger partial charge in [0.25, 0.3) is 0 Å². The molecule has 11 heavy (non-hydrogen) atoms. The summed E-state index contributed by atoms with van der Waals surface area (Å²) in [5.74, 6) is -1.06. The number of halogens is 1. The molecule has 0 saturated carbocycles. The lowest BCUT2D eigenvalue weighted by Gasteiger charge is -2.12. The first-order valence-corrected chi connectivity index (χ1v) is 3.78. The van der Waals surface area contributed by atoms with Crippen molar-refractivity contribution >= 4 is 17.6 Å². The van der Waals surface area contributed by atoms with Gasteiger partial charge >= 0.3 is 5.97 Å². The minimum atomic E-state index is -1.70. The Morgan fingerprint density at radius 1 is 1.45 bits per heavy atom. The van der Waals surface area contributed by atoms with E-state index in [0.29, 0.717) is 12.3 Å². The van der Waals surface area contributed by atoms with Gasteiger partial charge in [-0.15, -0.1) is 11.6 Å². The Bertz CT molecular complexity index is 128. The van der Waals surface area contributed by atoms with Crippen LogP contribution in [-0.2, 0) is 4.79 Å². The number of hydrogen-bond donors (Lipinski definition) is 3. The number of aliphatic carboxylic acids is 1. The van der Waals surface area contributed by atoms with E-state index in [2.05, 4.69) is 0 Å². The van der Waals surface area contributed by atoms with Crippen molar-refractivity contribution in [2.45, 2.75) is 25.0 Å². The largest absolute Gasteiger partial charge is 0.479 e. The van der Waals surface area contributed by atoms with Crippen molar-refractivity contribution in [2.75, 3.05) is 5.88 Å². The Kier molecular flexibility index (Phi) is 5.19. The average molecular weight is 183 g/mol. The topological polar surface area (TPSA) is 77.8 Å². The highest BCUT2D eigenvalue weighted by Gasteiger charge is 2.22. The van der Waals surface area contributed by atoms with Gasteiger partial charge in [0, 0.05) is 5.88 Å². The van der Waals surface area contributed by atoms with Crippen LogP contribution in [0.15, 0.2) is 0 Å². The lowest BCUT2D eigenvalue weighted by Crippen LogP contribution is -2.33. The highest BCUT2D eigenvalue weighted by atomic mass is 35.5. The van der Waals surface area contributed by atoms with Crippen LogP contribution >= 0.6 is 11.6 Å². The molecule has 0 heterocycles. The molecule has 0 aromatic rings. The number of rotatable bonds is 5. The van der Waals surface area contributed by atoms with E-state index < -0.39 is 18.2 Å². The van der Waals surface area contributed by atoms with Crippen molar-refractivity contribution in [3.63, 3.8) is 0 Å². The first kappa shape index (κ1) is 10.7. The van der Waals surface area contributed by atoms with Crippen molar-refractivity contribution in [1.82, 2.24) is 0 Å². The molecular weight excluding hydrogens is 172 g/mol. The Morgan fingerprint density at radius 2 is 2.00 bits per heavy atom. The fourth-order valence-electron chi connectivity index (χ4n) is 0.609. The van der Waals surface area contributed by atoms with E-state index in [9.17, 15) is 4.79 Å². The van der Waals surface area contributed by atoms with E-state index in [1.807, 2.05) is 0 Å². The number of carboxylic acids is 1. The summed E-state index contributed by atoms with van der Waals surface area (Å²) in [5, 5.41) is 25.9. The molecule has 2 atom stereocenters. The highest BCUT2D eigenvalue weighted by molar-refractivity contribution is 6.17. The van der Waals surface area contributed by atoms with Gasteiger partial charge in [-0.3, -0.25) is 0 Å². The van der Waals surface area contributed by atoms with Crippen molar-refractivity contribution in [3.05, 3.63) is 0 Å². The minimum Gasteiger partial charge on any atom is -0.479 e. The van der Waals surface area contributed by atoms with Gasteiger partial charge in [0.15, 0.2) is 6.10 Å². The Balaban J connectivity index is 3.63. The van der Waals surface area contributed by atoms with Crippen molar-refractivity contribution < 1.29 is 20.1 Å². The number of hydrogen-bond acceptors (Lipinski definition) is 3. The van der Waals surface area contributed by atoms with Gasteiger partial charge in [-0.1, -0.05) is 0 Å². The summed E-state index contributed by atoms with van der Waals surface area (Å²) >= 11 is 5.29. The number of aliphatic hydroxyl groups excluding tert-OH is 2. The van der Waals surface area contributed by atoms with Crippen LogP contribution in [0.1, 0.15) is 12.8 Å². The summed E-state index contributed by atoms with van der Waals surface area (Å²) < 4.78 is 0. The summed E-state index contributed by atoms with van der Waals surface area (Å²) in [6.07, 6.45) is -2.21. The van der Waals surface area contributed by atoms with Gasteiger partial charge in [0.2, 0.25) is 0 Å². The molecule has 0 aromatic heterocycles. The first-order valence-electron chi connectivity index (χ1n) is 3.24. The zero-order valence-corrected chi connectivity index (χ0v) is 6.66. The van der Waals surface area contributed by atoms with Gasteiger partial charge in [0.05, 0.1) is 6.10 Å². The van der Waals surface area contributed by atoms with Crippen LogP contribution in [0.25, 0.3) is 0 Å². The van der Waals surface area contributed by atoms with Gasteiger partial charge in [0.1, 0.15) is 0 Å². The van der Waals surface area contributed by atoms with Gasteiger partial charge in [-0.2, -0.15) is 0 Å². The van der Waals surface area contributed by atoms with E-state index in [1.54, 1.807) is 0 Å². The molecule has 0 bridgehead atoms. The third-order valence-electron chi connectivity index (χ3n) is 1.25. The maximum atomic E-state index is 10.1. The fraction of sp³-hybridized carbons (Fsp3) is 0.833. The molecule has 0 spiro atoms. The molecule has 0 aliphatic heterocycles. The van der Waals surface area contributed by atoms with E-state index in [0.717, 1.165) is 0 Å². The molecule has 66 valence electrons. The summed E-state index contributed by atoms with van der Waals surface area (Å²) in [4.78, 5) is 10.1. The number of alkyl halides is 1. The van der Waals surface area contributed by atoms with Gasteiger partial charge < -0.3 is 15.3 Å². The van der Waals surface area contributed by atoms with Gasteiger partial charge in [-0.25, -0.2) is 4.79 Å². The average Bonchev–Trinajstić information content (AvgIpc) is 1.98. The molecule has 3 N–H and O–H groups in total. The SMILES string of the molecule is O=C(O)C(O)[C@@H](O)CCCCl. The number of carboxylic acid groups (broad SMARTS) is 1. The zero-order valence-electron chi connectivity index (χ0n) is 5.90. The standard InChI is InChI=1S/C6H11ClO4/c7-3-1-2-4(8)5(9)6(10)11/h4-5,8-9H,1-3H2,(H,10,11)/t4-,5?/m0/s1. The molecule has 0 aliphatic carbocycles. The van der Waals surface area contributed by atoms with Crippen LogP contribution in [0, 0.1) is 0 Å². The lowest BCUT2D eigenvalue weighted by molar-refractivity contribution is -0.152. The maximum Gasteiger partial charge on any atom is 0.335 e. The minimum absolute atomic E-state index is 0.205. The molecule has 0 fully saturated rings. The molecule has 0 aliphatic rings. The molecule has 0 radical (unpaired) electrons. The van der Waals surface area contributed by atoms with Crippen LogP contribution in [0.4, 0.5) is 0 Å². The van der Waals surface area contributed by atoms with Crippen molar-refractivity contribution in [1.29, 1.82) is 0 Å². The third kappa shape index (κ3) is 4.19. The van der Waals surface area contributed by atoms with Crippen molar-refractivity contribution in [3.8, 4) is 0 Å². The van der Waals surface area contributed by atoms with Crippen molar-refractivity contribution in [2.24, 2.45) is 0 Å². The van der Waals surface area contributed by atoms with Crippen LogP contribution < -0.4 is 0 Å². The van der Waals surface area contributed by atoms with E-state index >= 15 is 0 Å². The second-order valence-electron chi connectivity index (χ2n) is 2.18. The fourth-order valence-corrected chi connectivity index (χ4v) is 0.763. The van der Waals surface area contributed by atoms with Crippen LogP contribution in [0.2, 0.25) is 0 Å². The molecule has 0 saturated heterocycles. The van der Waals surface area contributed by atoms with E-state index in [4.69, 9.17) is 26.9 Å². The van der Waals surface area contributed by atoms with E-state index in [1.165, 1.54) is 0 Å². The molecule has 5 heteroatoms. The quantitative estimate of drug-likeness (QED) is 0.515. The second-order valence-corrected chi connectivity index (χ2v) is 2.56. The van der Waals surface area contributed by atoms with Crippen LogP contribution in [-0.4, -0.2) is 39.4 Å². The second kappa shape index (κ2) is 5.35. The summed E-state index contributed by atoms with van der Waals surface area (Å²) in [7, 11) is 0. The lowest BCUT2D eigenvalue weighted by atomic mass is 10.1. The normalized spacial score (nSPS) is 15.9. The molecule has 0 amide bonds. The monoisotopic (exact) mass is 182 g/mol. The van der Waals surface area contributed by atoms with E-state index in [-0.39, 0.29) is 6.42 Å². The molecule has 0 rings (SSSR count). The van der Waals surface area contributed by atoms with Crippen LogP contribution in [0.5, 0.6) is 0 Å². The molecular formula is C6H11ClO4. The predicted octanol–water partition coefficient (Wildman–Crippen LogP) is -0.188. The summed E-state index contributed by atoms with van der Waals surface area (Å²) in [6.45, 7) is 0. The first-order chi connectivity index (χ1) is 5.09. The molecule has 4 nitrogen and oxygen atoms in total. The Labute approximate surface area is 69.4 Å². The molecule has 1 unspecified atom stereocenters.